The third-order valence-corrected chi connectivity index (χ3v) is 3.16. The number of nitro groups is 1. The van der Waals surface area contributed by atoms with Crippen molar-refractivity contribution >= 4 is 33.2 Å². The van der Waals surface area contributed by atoms with Crippen LogP contribution in [0, 0.1) is 21.9 Å². The highest BCUT2D eigenvalue weighted by molar-refractivity contribution is 9.10. The third kappa shape index (κ3) is 3.19. The van der Waals surface area contributed by atoms with Gasteiger partial charge in [-0.2, -0.15) is 4.39 Å². The average Bonchev–Trinajstić information content (AvgIpc) is 2.43. The first-order valence-corrected chi connectivity index (χ1v) is 6.24. The van der Waals surface area contributed by atoms with E-state index in [9.17, 15) is 23.7 Å². The molecule has 9 heteroatoms. The third-order valence-electron chi connectivity index (χ3n) is 2.50. The Morgan fingerprint density at radius 3 is 2.67 bits per heavy atom. The molecule has 0 radical (unpaired) electrons. The molecule has 0 bridgehead atoms. The van der Waals surface area contributed by atoms with Crippen LogP contribution in [0.1, 0.15) is 10.4 Å². The first kappa shape index (κ1) is 15.0. The molecular formula is C12H6BrF2N3O3. The SMILES string of the molecule is O=C(Nc1ccc([N+](=O)[O-])cc1Br)c1ccnc(F)c1F. The number of benzene rings is 1. The highest BCUT2D eigenvalue weighted by Crippen LogP contribution is 2.27. The topological polar surface area (TPSA) is 85.1 Å². The molecule has 1 N–H and O–H groups in total. The lowest BCUT2D eigenvalue weighted by molar-refractivity contribution is -0.384. The molecule has 2 aromatic rings. The minimum Gasteiger partial charge on any atom is -0.321 e. The van der Waals surface area contributed by atoms with E-state index in [4.69, 9.17) is 0 Å². The van der Waals surface area contributed by atoms with Crippen molar-refractivity contribution in [3.05, 3.63) is 62.4 Å². The summed E-state index contributed by atoms with van der Waals surface area (Å²) < 4.78 is 26.6. The van der Waals surface area contributed by atoms with Crippen LogP contribution < -0.4 is 5.32 Å². The molecule has 0 spiro atoms. The first-order valence-electron chi connectivity index (χ1n) is 5.45. The fraction of sp³-hybridized carbons (Fsp3) is 0. The Morgan fingerprint density at radius 2 is 2.05 bits per heavy atom. The second-order valence-electron chi connectivity index (χ2n) is 3.84. The maximum absolute atomic E-state index is 13.4. The van der Waals surface area contributed by atoms with E-state index in [1.54, 1.807) is 0 Å². The Kier molecular flexibility index (Phi) is 4.22. The number of halogens is 3. The zero-order chi connectivity index (χ0) is 15.6. The summed E-state index contributed by atoms with van der Waals surface area (Å²) in [6.07, 6.45) is 0.957. The Hall–Kier alpha value is -2.42. The molecule has 1 heterocycles. The van der Waals surface area contributed by atoms with Gasteiger partial charge in [-0.25, -0.2) is 9.37 Å². The number of pyridine rings is 1. The molecular weight excluding hydrogens is 352 g/mol. The van der Waals surface area contributed by atoms with Crippen molar-refractivity contribution < 1.29 is 18.5 Å². The van der Waals surface area contributed by atoms with Crippen LogP contribution in [0.15, 0.2) is 34.9 Å². The van der Waals surface area contributed by atoms with E-state index in [0.717, 1.165) is 12.3 Å². The van der Waals surface area contributed by atoms with Gasteiger partial charge in [0.2, 0.25) is 5.95 Å². The second kappa shape index (κ2) is 5.92. The van der Waals surface area contributed by atoms with E-state index >= 15 is 0 Å². The van der Waals surface area contributed by atoms with Crippen molar-refractivity contribution in [1.29, 1.82) is 0 Å². The Morgan fingerprint density at radius 1 is 1.33 bits per heavy atom. The monoisotopic (exact) mass is 357 g/mol. The van der Waals surface area contributed by atoms with Gasteiger partial charge in [-0.3, -0.25) is 14.9 Å². The number of nitro benzene ring substituents is 1. The van der Waals surface area contributed by atoms with Gasteiger partial charge in [-0.05, 0) is 28.1 Å². The van der Waals surface area contributed by atoms with Crippen LogP contribution in [-0.2, 0) is 0 Å². The number of rotatable bonds is 3. The van der Waals surface area contributed by atoms with Crippen molar-refractivity contribution in [2.75, 3.05) is 5.32 Å². The van der Waals surface area contributed by atoms with Gasteiger partial charge < -0.3 is 5.32 Å². The van der Waals surface area contributed by atoms with Gasteiger partial charge in [0, 0.05) is 22.8 Å². The van der Waals surface area contributed by atoms with Crippen LogP contribution in [0.4, 0.5) is 20.2 Å². The molecule has 6 nitrogen and oxygen atoms in total. The molecule has 1 aromatic heterocycles. The molecule has 0 atom stereocenters. The van der Waals surface area contributed by atoms with Crippen molar-refractivity contribution in [2.24, 2.45) is 0 Å². The van der Waals surface area contributed by atoms with E-state index < -0.39 is 28.2 Å². The number of carbonyl (C=O) groups is 1. The molecule has 108 valence electrons. The Labute approximate surface area is 125 Å². The maximum Gasteiger partial charge on any atom is 0.270 e. The number of aromatic nitrogens is 1. The number of anilines is 1. The standard InChI is InChI=1S/C12H6BrF2N3O3/c13-8-5-6(18(20)21)1-2-9(8)17-12(19)7-3-4-16-11(15)10(7)14/h1-5H,(H,17,19). The van der Waals surface area contributed by atoms with E-state index in [2.05, 4.69) is 26.2 Å². The molecule has 1 amide bonds. The van der Waals surface area contributed by atoms with Crippen LogP contribution in [0.25, 0.3) is 0 Å². The average molecular weight is 358 g/mol. The van der Waals surface area contributed by atoms with Gasteiger partial charge >= 0.3 is 0 Å². The molecule has 0 aliphatic rings. The van der Waals surface area contributed by atoms with Crippen molar-refractivity contribution in [1.82, 2.24) is 4.98 Å². The van der Waals surface area contributed by atoms with E-state index in [-0.39, 0.29) is 15.8 Å². The van der Waals surface area contributed by atoms with Gasteiger partial charge in [0.25, 0.3) is 11.6 Å². The highest BCUT2D eigenvalue weighted by Gasteiger charge is 2.18. The van der Waals surface area contributed by atoms with Crippen molar-refractivity contribution in [3.63, 3.8) is 0 Å². The predicted octanol–water partition coefficient (Wildman–Crippen LogP) is 3.28. The largest absolute Gasteiger partial charge is 0.321 e. The van der Waals surface area contributed by atoms with Crippen LogP contribution in [0.3, 0.4) is 0 Å². The summed E-state index contributed by atoms with van der Waals surface area (Å²) in [7, 11) is 0. The Balaban J connectivity index is 2.28. The minimum absolute atomic E-state index is 0.180. The molecule has 0 saturated heterocycles. The lowest BCUT2D eigenvalue weighted by atomic mass is 10.2. The summed E-state index contributed by atoms with van der Waals surface area (Å²) >= 11 is 3.05. The van der Waals surface area contributed by atoms with E-state index in [1.165, 1.54) is 18.2 Å². The predicted molar refractivity (Wildman–Crippen MR) is 72.9 cm³/mol. The molecule has 0 aliphatic heterocycles. The normalized spacial score (nSPS) is 10.2. The number of carbonyl (C=O) groups excluding carboxylic acids is 1. The first-order chi connectivity index (χ1) is 9.90. The van der Waals surface area contributed by atoms with E-state index in [0.29, 0.717) is 0 Å². The quantitative estimate of drug-likeness (QED) is 0.518. The van der Waals surface area contributed by atoms with Crippen LogP contribution in [0.5, 0.6) is 0 Å². The van der Waals surface area contributed by atoms with Crippen molar-refractivity contribution in [2.45, 2.75) is 0 Å². The zero-order valence-corrected chi connectivity index (χ0v) is 11.7. The second-order valence-corrected chi connectivity index (χ2v) is 4.69. The van der Waals surface area contributed by atoms with Gasteiger partial charge in [-0.1, -0.05) is 0 Å². The number of hydrogen-bond donors (Lipinski definition) is 1. The molecule has 0 unspecified atom stereocenters. The smallest absolute Gasteiger partial charge is 0.270 e. The summed E-state index contributed by atoms with van der Waals surface area (Å²) in [5.41, 5.74) is -0.518. The van der Waals surface area contributed by atoms with Crippen LogP contribution in [0.2, 0.25) is 0 Å². The molecule has 21 heavy (non-hydrogen) atoms. The van der Waals surface area contributed by atoms with Crippen LogP contribution in [-0.4, -0.2) is 15.8 Å². The summed E-state index contributed by atoms with van der Waals surface area (Å²) in [4.78, 5) is 24.9. The molecule has 2 rings (SSSR count). The summed E-state index contributed by atoms with van der Waals surface area (Å²) in [5, 5.41) is 12.9. The summed E-state index contributed by atoms with van der Waals surface area (Å²) in [6, 6.07) is 4.64. The number of hydrogen-bond acceptors (Lipinski definition) is 4. The van der Waals surface area contributed by atoms with Gasteiger partial charge in [0.1, 0.15) is 0 Å². The molecule has 1 aromatic carbocycles. The lowest BCUT2D eigenvalue weighted by Gasteiger charge is -2.08. The number of amides is 1. The number of nitrogens with zero attached hydrogens (tertiary/aromatic N) is 2. The summed E-state index contributed by atoms with van der Waals surface area (Å²) in [6.45, 7) is 0. The van der Waals surface area contributed by atoms with Crippen molar-refractivity contribution in [3.8, 4) is 0 Å². The summed E-state index contributed by atoms with van der Waals surface area (Å²) in [5.74, 6) is -3.65. The molecule has 0 aliphatic carbocycles. The van der Waals surface area contributed by atoms with Crippen LogP contribution >= 0.6 is 15.9 Å². The lowest BCUT2D eigenvalue weighted by Crippen LogP contribution is -2.15. The highest BCUT2D eigenvalue weighted by atomic mass is 79.9. The fourth-order valence-corrected chi connectivity index (χ4v) is 1.97. The Bertz CT molecular complexity index is 740. The van der Waals surface area contributed by atoms with Gasteiger partial charge in [0.15, 0.2) is 5.82 Å². The molecule has 0 fully saturated rings. The molecule has 0 saturated carbocycles. The van der Waals surface area contributed by atoms with Gasteiger partial charge in [0.05, 0.1) is 16.2 Å². The number of nitrogens with one attached hydrogen (secondary N) is 1. The maximum atomic E-state index is 13.4. The zero-order valence-electron chi connectivity index (χ0n) is 10.1. The fourth-order valence-electron chi connectivity index (χ4n) is 1.50. The van der Waals surface area contributed by atoms with Gasteiger partial charge in [-0.15, -0.1) is 0 Å². The number of non-ortho nitro benzene ring substituents is 1. The minimum atomic E-state index is -1.38. The van der Waals surface area contributed by atoms with E-state index in [1.807, 2.05) is 0 Å².